The van der Waals surface area contributed by atoms with Crippen molar-refractivity contribution in [1.29, 1.82) is 0 Å². The molecule has 4 aromatic rings. The van der Waals surface area contributed by atoms with Gasteiger partial charge in [0.2, 0.25) is 5.91 Å². The summed E-state index contributed by atoms with van der Waals surface area (Å²) in [6, 6.07) is 17.8. The highest BCUT2D eigenvalue weighted by molar-refractivity contribution is 5.76. The highest BCUT2D eigenvalue weighted by atomic mass is 19.1. The van der Waals surface area contributed by atoms with Crippen molar-refractivity contribution in [3.8, 4) is 5.75 Å². The highest BCUT2D eigenvalue weighted by Gasteiger charge is 2.13. The largest absolute Gasteiger partial charge is 0.496 e. The van der Waals surface area contributed by atoms with Gasteiger partial charge in [0, 0.05) is 31.1 Å². The number of nitrogens with one attached hydrogen (secondary N) is 1. The third kappa shape index (κ3) is 5.11. The number of fused-ring (bicyclic) bond motifs is 1. The fourth-order valence-corrected chi connectivity index (χ4v) is 3.67. The topological polar surface area (TPSA) is 69.0 Å². The number of imidazole rings is 1. The van der Waals surface area contributed by atoms with Gasteiger partial charge in [0.1, 0.15) is 22.9 Å². The number of benzene rings is 2. The van der Waals surface area contributed by atoms with Crippen molar-refractivity contribution < 1.29 is 13.9 Å². The predicted molar refractivity (Wildman–Crippen MR) is 121 cm³/mol. The lowest BCUT2D eigenvalue weighted by Gasteiger charge is -2.10. The van der Waals surface area contributed by atoms with Crippen molar-refractivity contribution in [2.45, 2.75) is 32.4 Å². The lowest BCUT2D eigenvalue weighted by molar-refractivity contribution is -0.121. The number of aryl methyl sites for hydroxylation is 1. The molecule has 0 atom stereocenters. The molecule has 0 spiro atoms. The van der Waals surface area contributed by atoms with Crippen LogP contribution in [0.5, 0.6) is 5.75 Å². The van der Waals surface area contributed by atoms with E-state index in [-0.39, 0.29) is 11.7 Å². The van der Waals surface area contributed by atoms with Crippen molar-refractivity contribution in [1.82, 2.24) is 19.9 Å². The van der Waals surface area contributed by atoms with Gasteiger partial charge in [-0.2, -0.15) is 0 Å². The number of halogens is 1. The summed E-state index contributed by atoms with van der Waals surface area (Å²) in [4.78, 5) is 21.6. The van der Waals surface area contributed by atoms with Gasteiger partial charge in [0.25, 0.3) is 0 Å². The number of carbonyl (C=O) groups is 1. The minimum absolute atomic E-state index is 0.0183. The maximum absolute atomic E-state index is 13.3. The Morgan fingerprint density at radius 1 is 1.09 bits per heavy atom. The molecule has 0 aliphatic heterocycles. The fourth-order valence-electron chi connectivity index (χ4n) is 3.67. The van der Waals surface area contributed by atoms with Gasteiger partial charge in [0.05, 0.1) is 13.7 Å². The van der Waals surface area contributed by atoms with E-state index in [0.717, 1.165) is 33.9 Å². The zero-order valence-corrected chi connectivity index (χ0v) is 17.9. The molecular formula is C25H25FN4O2. The predicted octanol–water partition coefficient (Wildman–Crippen LogP) is 4.27. The molecule has 0 saturated carbocycles. The van der Waals surface area contributed by atoms with E-state index >= 15 is 0 Å². The Morgan fingerprint density at radius 2 is 1.91 bits per heavy atom. The summed E-state index contributed by atoms with van der Waals surface area (Å²) in [5.74, 6) is 1.34. The van der Waals surface area contributed by atoms with Crippen LogP contribution in [0, 0.1) is 5.82 Å². The molecule has 1 amide bonds. The van der Waals surface area contributed by atoms with E-state index in [1.165, 1.54) is 12.1 Å². The second-order valence-electron chi connectivity index (χ2n) is 7.53. The van der Waals surface area contributed by atoms with E-state index in [9.17, 15) is 9.18 Å². The van der Waals surface area contributed by atoms with Gasteiger partial charge < -0.3 is 14.6 Å². The quantitative estimate of drug-likeness (QED) is 0.429. The lowest BCUT2D eigenvalue weighted by atomic mass is 10.2. The van der Waals surface area contributed by atoms with E-state index in [1.807, 2.05) is 41.0 Å². The number of amides is 1. The molecule has 2 heterocycles. The van der Waals surface area contributed by atoms with Crippen molar-refractivity contribution in [3.05, 3.63) is 89.6 Å². The van der Waals surface area contributed by atoms with Gasteiger partial charge in [0.15, 0.2) is 5.65 Å². The van der Waals surface area contributed by atoms with Crippen molar-refractivity contribution >= 4 is 17.1 Å². The van der Waals surface area contributed by atoms with E-state index in [0.29, 0.717) is 32.4 Å². The molecule has 0 bridgehead atoms. The third-order valence-electron chi connectivity index (χ3n) is 5.31. The molecular weight excluding hydrogens is 407 g/mol. The number of rotatable bonds is 9. The molecule has 0 unspecified atom stereocenters. The number of nitrogens with zero attached hydrogens (tertiary/aromatic N) is 3. The zero-order valence-electron chi connectivity index (χ0n) is 17.9. The number of hydrogen-bond donors (Lipinski definition) is 1. The third-order valence-corrected chi connectivity index (χ3v) is 5.31. The number of para-hydroxylation sites is 1. The fraction of sp³-hybridized carbons (Fsp3) is 0.240. The molecule has 0 aliphatic carbocycles. The molecule has 164 valence electrons. The summed E-state index contributed by atoms with van der Waals surface area (Å²) in [5, 5.41) is 2.95. The Balaban J connectivity index is 1.39. The maximum Gasteiger partial charge on any atom is 0.220 e. The van der Waals surface area contributed by atoms with E-state index in [4.69, 9.17) is 9.72 Å². The minimum atomic E-state index is -0.262. The van der Waals surface area contributed by atoms with Gasteiger partial charge in [-0.25, -0.2) is 14.4 Å². The first kappa shape index (κ1) is 21.5. The first-order valence-corrected chi connectivity index (χ1v) is 10.6. The van der Waals surface area contributed by atoms with Gasteiger partial charge >= 0.3 is 0 Å². The first-order chi connectivity index (χ1) is 15.6. The Labute approximate surface area is 186 Å². The van der Waals surface area contributed by atoms with Gasteiger partial charge in [-0.3, -0.25) is 4.79 Å². The lowest BCUT2D eigenvalue weighted by Crippen LogP contribution is -2.23. The van der Waals surface area contributed by atoms with E-state index in [1.54, 1.807) is 25.4 Å². The molecule has 2 aromatic carbocycles. The molecule has 32 heavy (non-hydrogen) atoms. The van der Waals surface area contributed by atoms with Crippen molar-refractivity contribution in [2.75, 3.05) is 7.11 Å². The first-order valence-electron chi connectivity index (χ1n) is 10.6. The van der Waals surface area contributed by atoms with Crippen LogP contribution >= 0.6 is 0 Å². The average molecular weight is 432 g/mol. The molecule has 4 rings (SSSR count). The number of carbonyl (C=O) groups excluding carboxylic acids is 1. The Morgan fingerprint density at radius 3 is 2.72 bits per heavy atom. The summed E-state index contributed by atoms with van der Waals surface area (Å²) in [7, 11) is 1.62. The standard InChI is InChI=1S/C25H25FN4O2/c1-32-22-8-3-2-6-19(22)16-28-24(31)10-4-9-23-29-21-7-5-15-27-25(21)30(23)17-18-11-13-20(26)14-12-18/h2-3,5-8,11-15H,4,9-10,16-17H2,1H3,(H,28,31). The van der Waals surface area contributed by atoms with Crippen LogP contribution in [0.3, 0.4) is 0 Å². The van der Waals surface area contributed by atoms with Gasteiger partial charge in [-0.05, 0) is 42.3 Å². The maximum atomic E-state index is 13.3. The monoisotopic (exact) mass is 432 g/mol. The zero-order chi connectivity index (χ0) is 22.3. The normalized spacial score (nSPS) is 10.9. The second-order valence-corrected chi connectivity index (χ2v) is 7.53. The SMILES string of the molecule is COc1ccccc1CNC(=O)CCCc1nc2cccnc2n1Cc1ccc(F)cc1. The van der Waals surface area contributed by atoms with Crippen LogP contribution in [-0.2, 0) is 24.3 Å². The number of ether oxygens (including phenoxy) is 1. The Bertz CT molecular complexity index is 1200. The van der Waals surface area contributed by atoms with Crippen LogP contribution in [0.1, 0.15) is 29.8 Å². The van der Waals surface area contributed by atoms with E-state index in [2.05, 4.69) is 10.3 Å². The number of pyridine rings is 1. The van der Waals surface area contributed by atoms with Gasteiger partial charge in [-0.15, -0.1) is 0 Å². The number of methoxy groups -OCH3 is 1. The molecule has 0 fully saturated rings. The highest BCUT2D eigenvalue weighted by Crippen LogP contribution is 2.19. The average Bonchev–Trinajstić information content (AvgIpc) is 3.16. The van der Waals surface area contributed by atoms with Crippen LogP contribution in [0.2, 0.25) is 0 Å². The molecule has 0 saturated heterocycles. The molecule has 7 heteroatoms. The Kier molecular flexibility index (Phi) is 6.75. The number of aromatic nitrogens is 3. The van der Waals surface area contributed by atoms with Crippen molar-refractivity contribution in [3.63, 3.8) is 0 Å². The van der Waals surface area contributed by atoms with Gasteiger partial charge in [-0.1, -0.05) is 30.3 Å². The molecule has 0 radical (unpaired) electrons. The summed E-state index contributed by atoms with van der Waals surface area (Å²) in [5.41, 5.74) is 3.50. The van der Waals surface area contributed by atoms with Crippen LogP contribution < -0.4 is 10.1 Å². The smallest absolute Gasteiger partial charge is 0.220 e. The summed E-state index contributed by atoms with van der Waals surface area (Å²) in [6.45, 7) is 0.971. The molecule has 1 N–H and O–H groups in total. The molecule has 6 nitrogen and oxygen atoms in total. The van der Waals surface area contributed by atoms with Crippen molar-refractivity contribution in [2.24, 2.45) is 0 Å². The van der Waals surface area contributed by atoms with Crippen LogP contribution in [0.25, 0.3) is 11.2 Å². The van der Waals surface area contributed by atoms with E-state index < -0.39 is 0 Å². The molecule has 2 aromatic heterocycles. The minimum Gasteiger partial charge on any atom is -0.496 e. The van der Waals surface area contributed by atoms with Crippen LogP contribution in [0.4, 0.5) is 4.39 Å². The Hall–Kier alpha value is -3.74. The van der Waals surface area contributed by atoms with Crippen LogP contribution in [-0.4, -0.2) is 27.6 Å². The summed E-state index contributed by atoms with van der Waals surface area (Å²) >= 11 is 0. The van der Waals surface area contributed by atoms with Crippen LogP contribution in [0.15, 0.2) is 66.9 Å². The second kappa shape index (κ2) is 10.0. The summed E-state index contributed by atoms with van der Waals surface area (Å²) < 4.78 is 20.6. The summed E-state index contributed by atoms with van der Waals surface area (Å²) in [6.07, 6.45) is 3.42. The molecule has 0 aliphatic rings. The number of hydrogen-bond acceptors (Lipinski definition) is 4.